The average Bonchev–Trinajstić information content (AvgIpc) is 3.32. The number of thiazole rings is 1. The molecule has 1 aliphatic rings. The first-order chi connectivity index (χ1) is 12.6. The van der Waals surface area contributed by atoms with E-state index >= 15 is 0 Å². The van der Waals surface area contributed by atoms with Gasteiger partial charge in [0.15, 0.2) is 5.82 Å². The van der Waals surface area contributed by atoms with Crippen LogP contribution in [0.3, 0.4) is 0 Å². The summed E-state index contributed by atoms with van der Waals surface area (Å²) in [7, 11) is 2.04. The second-order valence-corrected chi connectivity index (χ2v) is 6.86. The number of nitrogens with zero attached hydrogens (tertiary/aromatic N) is 5. The van der Waals surface area contributed by atoms with Gasteiger partial charge in [-0.05, 0) is 19.2 Å². The number of hydrogen-bond donors (Lipinski definition) is 1. The Kier molecular flexibility index (Phi) is 5.80. The van der Waals surface area contributed by atoms with Crippen LogP contribution < -0.4 is 5.32 Å². The summed E-state index contributed by atoms with van der Waals surface area (Å²) in [4.78, 5) is 21.5. The summed E-state index contributed by atoms with van der Waals surface area (Å²) in [5, 5.41) is 20.8. The topological polar surface area (TPSA) is 110 Å². The Morgan fingerprint density at radius 3 is 2.81 bits per heavy atom. The summed E-state index contributed by atoms with van der Waals surface area (Å²) >= 11 is 1.43. The molecule has 1 atom stereocenters. The molecule has 1 aliphatic heterocycles. The van der Waals surface area contributed by atoms with E-state index in [1.54, 1.807) is 12.1 Å². The number of rotatable bonds is 4. The molecule has 1 aromatic carbocycles. The number of nitro benzene ring substituents is 1. The van der Waals surface area contributed by atoms with Gasteiger partial charge in [0.2, 0.25) is 0 Å². The third kappa shape index (κ3) is 3.98. The van der Waals surface area contributed by atoms with Crippen LogP contribution in [0.25, 0.3) is 22.2 Å². The quantitative estimate of drug-likeness (QED) is 0.518. The van der Waals surface area contributed by atoms with E-state index in [1.807, 2.05) is 12.4 Å². The van der Waals surface area contributed by atoms with Crippen LogP contribution in [0.2, 0.25) is 0 Å². The highest BCUT2D eigenvalue weighted by Crippen LogP contribution is 2.30. The number of halogens is 1. The molecule has 3 heterocycles. The zero-order valence-electron chi connectivity index (χ0n) is 14.4. The highest BCUT2D eigenvalue weighted by molar-refractivity contribution is 7.13. The van der Waals surface area contributed by atoms with E-state index in [1.165, 1.54) is 23.5 Å². The molecule has 9 nitrogen and oxygen atoms in total. The third-order valence-corrected chi connectivity index (χ3v) is 5.19. The van der Waals surface area contributed by atoms with E-state index in [0.29, 0.717) is 17.4 Å². The lowest BCUT2D eigenvalue weighted by atomic mass is 10.2. The molecule has 3 aromatic rings. The van der Waals surface area contributed by atoms with Gasteiger partial charge in [-0.3, -0.25) is 15.0 Å². The normalized spacial score (nSPS) is 17.4. The van der Waals surface area contributed by atoms with Gasteiger partial charge in [0, 0.05) is 42.7 Å². The van der Waals surface area contributed by atoms with Crippen LogP contribution >= 0.6 is 23.7 Å². The summed E-state index contributed by atoms with van der Waals surface area (Å²) < 4.78 is 5.39. The van der Waals surface area contributed by atoms with Crippen molar-refractivity contribution in [3.63, 3.8) is 0 Å². The van der Waals surface area contributed by atoms with Gasteiger partial charge in [-0.1, -0.05) is 5.16 Å². The molecule has 1 N–H and O–H groups in total. The van der Waals surface area contributed by atoms with Crippen LogP contribution in [-0.4, -0.2) is 51.6 Å². The summed E-state index contributed by atoms with van der Waals surface area (Å²) in [5.41, 5.74) is 1.47. The number of benzene rings is 1. The standard InChI is InChI=1S/C16H16N6O3S.ClH/c1-21-7-6-17-8-13(21)14-19-15(25-20-14)12-9-26-16(18-12)10-2-4-11(5-3-10)22(23)24;/h2-5,9,13,17H,6-8H2,1H3;1H. The minimum Gasteiger partial charge on any atom is -0.332 e. The molecule has 2 aromatic heterocycles. The molecule has 1 fully saturated rings. The van der Waals surface area contributed by atoms with E-state index in [4.69, 9.17) is 4.52 Å². The van der Waals surface area contributed by atoms with Crippen LogP contribution in [0, 0.1) is 10.1 Å². The Balaban J connectivity index is 0.00000210. The number of aromatic nitrogens is 3. The van der Waals surface area contributed by atoms with Crippen molar-refractivity contribution < 1.29 is 9.45 Å². The highest BCUT2D eigenvalue weighted by Gasteiger charge is 2.26. The van der Waals surface area contributed by atoms with Crippen molar-refractivity contribution in [1.29, 1.82) is 0 Å². The van der Waals surface area contributed by atoms with Gasteiger partial charge in [-0.15, -0.1) is 23.7 Å². The zero-order chi connectivity index (χ0) is 18.1. The van der Waals surface area contributed by atoms with E-state index < -0.39 is 4.92 Å². The lowest BCUT2D eigenvalue weighted by Gasteiger charge is -2.30. The van der Waals surface area contributed by atoms with Crippen LogP contribution in [0.4, 0.5) is 5.69 Å². The van der Waals surface area contributed by atoms with Gasteiger partial charge in [0.1, 0.15) is 10.7 Å². The molecule has 27 heavy (non-hydrogen) atoms. The molecule has 0 amide bonds. The van der Waals surface area contributed by atoms with Crippen molar-refractivity contribution >= 4 is 29.4 Å². The fraction of sp³-hybridized carbons (Fsp3) is 0.312. The number of nitrogens with one attached hydrogen (secondary N) is 1. The number of hydrogen-bond acceptors (Lipinski definition) is 9. The lowest BCUT2D eigenvalue weighted by Crippen LogP contribution is -2.44. The summed E-state index contributed by atoms with van der Waals surface area (Å²) in [6, 6.07) is 6.37. The first kappa shape index (κ1) is 19.4. The van der Waals surface area contributed by atoms with Crippen molar-refractivity contribution in [3.05, 3.63) is 45.6 Å². The lowest BCUT2D eigenvalue weighted by molar-refractivity contribution is -0.384. The summed E-state index contributed by atoms with van der Waals surface area (Å²) in [5.74, 6) is 1.02. The molecule has 0 aliphatic carbocycles. The molecule has 4 rings (SSSR count). The maximum Gasteiger partial charge on any atom is 0.277 e. The predicted octanol–water partition coefficient (Wildman–Crippen LogP) is 2.77. The Hall–Kier alpha value is -2.40. The smallest absolute Gasteiger partial charge is 0.277 e. The molecular formula is C16H17ClN6O3S. The van der Waals surface area contributed by atoms with Crippen molar-refractivity contribution in [1.82, 2.24) is 25.3 Å². The number of nitro groups is 1. The molecule has 0 saturated carbocycles. The Bertz CT molecular complexity index is 928. The second-order valence-electron chi connectivity index (χ2n) is 6.00. The maximum absolute atomic E-state index is 10.8. The van der Waals surface area contributed by atoms with Crippen LogP contribution in [0.5, 0.6) is 0 Å². The SMILES string of the molecule is CN1CCNCC1c1noc(-c2csc(-c3ccc([N+](=O)[O-])cc3)n2)n1.Cl. The minimum atomic E-state index is -0.422. The maximum atomic E-state index is 10.8. The molecule has 0 bridgehead atoms. The number of piperazine rings is 1. The van der Waals surface area contributed by atoms with Gasteiger partial charge in [-0.2, -0.15) is 4.98 Å². The molecule has 142 valence electrons. The largest absolute Gasteiger partial charge is 0.332 e. The van der Waals surface area contributed by atoms with E-state index in [2.05, 4.69) is 25.3 Å². The number of likely N-dealkylation sites (N-methyl/N-ethyl adjacent to an activating group) is 1. The Morgan fingerprint density at radius 2 is 2.11 bits per heavy atom. The summed E-state index contributed by atoms with van der Waals surface area (Å²) in [6.07, 6.45) is 0. The highest BCUT2D eigenvalue weighted by atomic mass is 35.5. The van der Waals surface area contributed by atoms with Crippen LogP contribution in [0.15, 0.2) is 34.2 Å². The molecule has 11 heteroatoms. The van der Waals surface area contributed by atoms with Crippen molar-refractivity contribution in [2.75, 3.05) is 26.7 Å². The monoisotopic (exact) mass is 408 g/mol. The molecule has 1 unspecified atom stereocenters. The molecule has 1 saturated heterocycles. The summed E-state index contributed by atoms with van der Waals surface area (Å²) in [6.45, 7) is 2.65. The van der Waals surface area contributed by atoms with Crippen molar-refractivity contribution in [2.24, 2.45) is 0 Å². The third-order valence-electron chi connectivity index (χ3n) is 4.30. The molecular weight excluding hydrogens is 392 g/mol. The van der Waals surface area contributed by atoms with Crippen LogP contribution in [0.1, 0.15) is 11.9 Å². The average molecular weight is 409 g/mol. The van der Waals surface area contributed by atoms with Crippen LogP contribution in [-0.2, 0) is 0 Å². The Labute approximate surface area is 165 Å². The number of non-ortho nitro benzene ring substituents is 1. The van der Waals surface area contributed by atoms with Gasteiger partial charge >= 0.3 is 0 Å². The molecule has 0 spiro atoms. The van der Waals surface area contributed by atoms with Gasteiger partial charge in [0.25, 0.3) is 11.6 Å². The Morgan fingerprint density at radius 1 is 1.33 bits per heavy atom. The second kappa shape index (κ2) is 8.09. The first-order valence-electron chi connectivity index (χ1n) is 8.07. The molecule has 0 radical (unpaired) electrons. The van der Waals surface area contributed by atoms with Gasteiger partial charge < -0.3 is 9.84 Å². The zero-order valence-corrected chi connectivity index (χ0v) is 16.0. The predicted molar refractivity (Wildman–Crippen MR) is 103 cm³/mol. The van der Waals surface area contributed by atoms with Gasteiger partial charge in [-0.25, -0.2) is 4.98 Å². The fourth-order valence-corrected chi connectivity index (χ4v) is 3.60. The van der Waals surface area contributed by atoms with E-state index in [0.717, 1.165) is 30.2 Å². The van der Waals surface area contributed by atoms with E-state index in [9.17, 15) is 10.1 Å². The fourth-order valence-electron chi connectivity index (χ4n) is 2.80. The van der Waals surface area contributed by atoms with E-state index in [-0.39, 0.29) is 24.1 Å². The van der Waals surface area contributed by atoms with Crippen molar-refractivity contribution in [2.45, 2.75) is 6.04 Å². The van der Waals surface area contributed by atoms with Gasteiger partial charge in [0.05, 0.1) is 11.0 Å². The first-order valence-corrected chi connectivity index (χ1v) is 8.95. The minimum absolute atomic E-state index is 0. The van der Waals surface area contributed by atoms with Crippen molar-refractivity contribution in [3.8, 4) is 22.2 Å².